The molecule has 0 amide bonds. The molecule has 0 N–H and O–H groups in total. The number of benzene rings is 1. The fourth-order valence-electron chi connectivity index (χ4n) is 2.34. The third-order valence-electron chi connectivity index (χ3n) is 3.30. The molecule has 0 radical (unpaired) electrons. The number of likely N-dealkylation sites (tertiary alicyclic amines) is 1. The van der Waals surface area contributed by atoms with Gasteiger partial charge in [0.05, 0.1) is 0 Å². The molecule has 1 nitrogen and oxygen atoms in total. The molecule has 1 atom stereocenters. The molecule has 2 rings (SSSR count). The van der Waals surface area contributed by atoms with Crippen LogP contribution in [0.4, 0.5) is 4.39 Å². The Kier molecular flexibility index (Phi) is 4.83. The average Bonchev–Trinajstić information content (AvgIpc) is 2.71. The van der Waals surface area contributed by atoms with Gasteiger partial charge in [-0.15, -0.1) is 11.6 Å². The van der Waals surface area contributed by atoms with Crippen molar-refractivity contribution in [3.63, 3.8) is 0 Å². The lowest BCUT2D eigenvalue weighted by Gasteiger charge is -2.16. The molecule has 1 saturated heterocycles. The van der Waals surface area contributed by atoms with E-state index in [1.165, 1.54) is 18.6 Å². The normalized spacial score (nSPS) is 21.0. The minimum absolute atomic E-state index is 0.193. The van der Waals surface area contributed by atoms with E-state index in [2.05, 4.69) is 20.8 Å². The summed E-state index contributed by atoms with van der Waals surface area (Å²) < 4.78 is 13.8. The molecule has 1 aromatic carbocycles. The summed E-state index contributed by atoms with van der Waals surface area (Å²) in [6.07, 6.45) is 2.33. The Labute approximate surface area is 115 Å². The monoisotopic (exact) mass is 319 g/mol. The quantitative estimate of drug-likeness (QED) is 0.757. The maximum absolute atomic E-state index is 13.0. The van der Waals surface area contributed by atoms with Gasteiger partial charge in [0.25, 0.3) is 0 Å². The maximum atomic E-state index is 13.0. The number of hydrogen-bond acceptors (Lipinski definition) is 1. The van der Waals surface area contributed by atoms with Gasteiger partial charge in [0.15, 0.2) is 0 Å². The van der Waals surface area contributed by atoms with Gasteiger partial charge in [-0.05, 0) is 43.0 Å². The number of halogens is 3. The van der Waals surface area contributed by atoms with Gasteiger partial charge in [0.1, 0.15) is 5.82 Å². The van der Waals surface area contributed by atoms with Crippen LogP contribution in [0.25, 0.3) is 0 Å². The highest BCUT2D eigenvalue weighted by Gasteiger charge is 2.22. The standard InChI is InChI=1S/C13H16BrClFN/c14-13-7-12(16)2-1-11(13)9-17-6-4-10(8-17)3-5-15/h1-2,7,10H,3-6,8-9H2. The van der Waals surface area contributed by atoms with Crippen LogP contribution >= 0.6 is 27.5 Å². The smallest absolute Gasteiger partial charge is 0.124 e. The molecule has 0 aromatic heterocycles. The minimum atomic E-state index is -0.193. The first kappa shape index (κ1) is 13.3. The number of alkyl halides is 1. The lowest BCUT2D eigenvalue weighted by molar-refractivity contribution is 0.314. The SMILES string of the molecule is Fc1ccc(CN2CCC(CCCl)C2)c(Br)c1. The molecule has 0 bridgehead atoms. The summed E-state index contributed by atoms with van der Waals surface area (Å²) in [7, 11) is 0. The number of hydrogen-bond donors (Lipinski definition) is 0. The Hall–Kier alpha value is -0.120. The van der Waals surface area contributed by atoms with Crippen LogP contribution in [0.5, 0.6) is 0 Å². The van der Waals surface area contributed by atoms with E-state index in [1.807, 2.05) is 6.07 Å². The Morgan fingerprint density at radius 2 is 2.29 bits per heavy atom. The summed E-state index contributed by atoms with van der Waals surface area (Å²) in [6.45, 7) is 3.11. The van der Waals surface area contributed by atoms with E-state index in [0.717, 1.165) is 47.9 Å². The molecule has 1 fully saturated rings. The molecule has 1 aliphatic heterocycles. The molecular formula is C13H16BrClFN. The van der Waals surface area contributed by atoms with Crippen molar-refractivity contribution in [2.45, 2.75) is 19.4 Å². The molecule has 1 heterocycles. The van der Waals surface area contributed by atoms with E-state index >= 15 is 0 Å². The van der Waals surface area contributed by atoms with Crippen molar-refractivity contribution in [2.24, 2.45) is 5.92 Å². The summed E-state index contributed by atoms with van der Waals surface area (Å²) in [5.41, 5.74) is 1.15. The molecule has 1 aliphatic rings. The fraction of sp³-hybridized carbons (Fsp3) is 0.538. The Balaban J connectivity index is 1.93. The van der Waals surface area contributed by atoms with Gasteiger partial charge in [-0.25, -0.2) is 4.39 Å². The van der Waals surface area contributed by atoms with Gasteiger partial charge in [-0.1, -0.05) is 22.0 Å². The van der Waals surface area contributed by atoms with Gasteiger partial charge in [-0.3, -0.25) is 4.90 Å². The van der Waals surface area contributed by atoms with Crippen molar-refractivity contribution in [2.75, 3.05) is 19.0 Å². The largest absolute Gasteiger partial charge is 0.299 e. The second kappa shape index (κ2) is 6.17. The Morgan fingerprint density at radius 3 is 3.00 bits per heavy atom. The van der Waals surface area contributed by atoms with Crippen molar-refractivity contribution < 1.29 is 4.39 Å². The Morgan fingerprint density at radius 1 is 1.47 bits per heavy atom. The molecule has 4 heteroatoms. The highest BCUT2D eigenvalue weighted by atomic mass is 79.9. The zero-order valence-electron chi connectivity index (χ0n) is 9.63. The average molecular weight is 321 g/mol. The van der Waals surface area contributed by atoms with E-state index in [9.17, 15) is 4.39 Å². The lowest BCUT2D eigenvalue weighted by Crippen LogP contribution is -2.20. The summed E-state index contributed by atoms with van der Waals surface area (Å²) in [4.78, 5) is 2.41. The van der Waals surface area contributed by atoms with Crippen molar-refractivity contribution in [1.29, 1.82) is 0 Å². The van der Waals surface area contributed by atoms with Crippen molar-refractivity contribution in [3.05, 3.63) is 34.1 Å². The Bertz CT molecular complexity index is 386. The van der Waals surface area contributed by atoms with Gasteiger partial charge < -0.3 is 0 Å². The third-order valence-corrected chi connectivity index (χ3v) is 4.25. The zero-order chi connectivity index (χ0) is 12.3. The first-order valence-electron chi connectivity index (χ1n) is 5.91. The van der Waals surface area contributed by atoms with Gasteiger partial charge in [0.2, 0.25) is 0 Å². The number of rotatable bonds is 4. The van der Waals surface area contributed by atoms with Crippen LogP contribution < -0.4 is 0 Å². The first-order chi connectivity index (χ1) is 8.19. The van der Waals surface area contributed by atoms with Gasteiger partial charge in [-0.2, -0.15) is 0 Å². The van der Waals surface area contributed by atoms with Gasteiger partial charge in [0, 0.05) is 23.4 Å². The van der Waals surface area contributed by atoms with Crippen LogP contribution in [0, 0.1) is 11.7 Å². The van der Waals surface area contributed by atoms with Crippen LogP contribution in [0.3, 0.4) is 0 Å². The van der Waals surface area contributed by atoms with Crippen LogP contribution in [-0.2, 0) is 6.54 Å². The van der Waals surface area contributed by atoms with Crippen molar-refractivity contribution >= 4 is 27.5 Å². The van der Waals surface area contributed by atoms with E-state index < -0.39 is 0 Å². The second-order valence-corrected chi connectivity index (χ2v) is 5.84. The highest BCUT2D eigenvalue weighted by molar-refractivity contribution is 9.10. The molecule has 94 valence electrons. The predicted octanol–water partition coefficient (Wildman–Crippen LogP) is 4.04. The highest BCUT2D eigenvalue weighted by Crippen LogP contribution is 2.25. The summed E-state index contributed by atoms with van der Waals surface area (Å²) in [5.74, 6) is 1.28. The lowest BCUT2D eigenvalue weighted by atomic mass is 10.1. The summed E-state index contributed by atoms with van der Waals surface area (Å²) in [6, 6.07) is 4.91. The van der Waals surface area contributed by atoms with E-state index in [0.29, 0.717) is 0 Å². The van der Waals surface area contributed by atoms with Gasteiger partial charge >= 0.3 is 0 Å². The summed E-state index contributed by atoms with van der Waals surface area (Å²) >= 11 is 9.18. The molecule has 0 spiro atoms. The number of nitrogens with zero attached hydrogens (tertiary/aromatic N) is 1. The van der Waals surface area contributed by atoms with E-state index in [1.54, 1.807) is 0 Å². The van der Waals surface area contributed by atoms with E-state index in [-0.39, 0.29) is 5.82 Å². The molecule has 1 unspecified atom stereocenters. The predicted molar refractivity (Wildman–Crippen MR) is 72.8 cm³/mol. The van der Waals surface area contributed by atoms with Crippen LogP contribution in [-0.4, -0.2) is 23.9 Å². The van der Waals surface area contributed by atoms with E-state index in [4.69, 9.17) is 11.6 Å². The van der Waals surface area contributed by atoms with Crippen LogP contribution in [0.2, 0.25) is 0 Å². The molecule has 0 saturated carbocycles. The molecule has 0 aliphatic carbocycles. The first-order valence-corrected chi connectivity index (χ1v) is 7.24. The third kappa shape index (κ3) is 3.67. The van der Waals surface area contributed by atoms with Crippen LogP contribution in [0.1, 0.15) is 18.4 Å². The van der Waals surface area contributed by atoms with Crippen molar-refractivity contribution in [1.82, 2.24) is 4.90 Å². The second-order valence-electron chi connectivity index (χ2n) is 4.60. The molecule has 1 aromatic rings. The topological polar surface area (TPSA) is 3.24 Å². The molecule has 17 heavy (non-hydrogen) atoms. The van der Waals surface area contributed by atoms with Crippen molar-refractivity contribution in [3.8, 4) is 0 Å². The van der Waals surface area contributed by atoms with Crippen LogP contribution in [0.15, 0.2) is 22.7 Å². The summed E-state index contributed by atoms with van der Waals surface area (Å²) in [5, 5.41) is 0. The fourth-order valence-corrected chi connectivity index (χ4v) is 3.12. The maximum Gasteiger partial charge on any atom is 0.124 e. The molecular weight excluding hydrogens is 305 g/mol. The minimum Gasteiger partial charge on any atom is -0.299 e. The zero-order valence-corrected chi connectivity index (χ0v) is 12.0.